The molecule has 130 valence electrons. The van der Waals surface area contributed by atoms with Gasteiger partial charge in [0.15, 0.2) is 17.7 Å². The molecule has 25 heavy (non-hydrogen) atoms. The maximum Gasteiger partial charge on any atom is 0.261 e. The van der Waals surface area contributed by atoms with Crippen molar-refractivity contribution in [1.82, 2.24) is 10.3 Å². The predicted octanol–water partition coefficient (Wildman–Crippen LogP) is 4.40. The number of halogens is 1. The lowest BCUT2D eigenvalue weighted by molar-refractivity contribution is -0.127. The van der Waals surface area contributed by atoms with E-state index in [2.05, 4.69) is 10.3 Å². The SMILES string of the molecule is Cc1nc(-c2cccs2)sc1CNC(=O)C(C)Oc1ccccc1F. The summed E-state index contributed by atoms with van der Waals surface area (Å²) in [6, 6.07) is 10.0. The molecule has 0 fully saturated rings. The zero-order valence-corrected chi connectivity index (χ0v) is 15.4. The van der Waals surface area contributed by atoms with Crippen molar-refractivity contribution in [2.24, 2.45) is 0 Å². The molecule has 3 rings (SSSR count). The van der Waals surface area contributed by atoms with Crippen LogP contribution >= 0.6 is 22.7 Å². The van der Waals surface area contributed by atoms with E-state index >= 15 is 0 Å². The number of thiazole rings is 1. The molecule has 1 aromatic carbocycles. The van der Waals surface area contributed by atoms with Crippen LogP contribution in [0.25, 0.3) is 9.88 Å². The number of hydrogen-bond donors (Lipinski definition) is 1. The van der Waals surface area contributed by atoms with Crippen molar-refractivity contribution in [3.05, 3.63) is 58.2 Å². The molecule has 1 atom stereocenters. The molecule has 1 unspecified atom stereocenters. The van der Waals surface area contributed by atoms with Crippen molar-refractivity contribution in [1.29, 1.82) is 0 Å². The van der Waals surface area contributed by atoms with Crippen LogP contribution < -0.4 is 10.1 Å². The second kappa shape index (κ2) is 7.76. The lowest BCUT2D eigenvalue weighted by atomic mass is 10.3. The summed E-state index contributed by atoms with van der Waals surface area (Å²) in [5, 5.41) is 5.79. The summed E-state index contributed by atoms with van der Waals surface area (Å²) in [6.45, 7) is 3.89. The van der Waals surface area contributed by atoms with Crippen LogP contribution in [0, 0.1) is 12.7 Å². The van der Waals surface area contributed by atoms with E-state index < -0.39 is 11.9 Å². The molecule has 0 aliphatic heterocycles. The van der Waals surface area contributed by atoms with Gasteiger partial charge in [-0.3, -0.25) is 4.79 Å². The van der Waals surface area contributed by atoms with Gasteiger partial charge in [0.25, 0.3) is 5.91 Å². The van der Waals surface area contributed by atoms with E-state index in [1.807, 2.05) is 24.4 Å². The molecule has 1 N–H and O–H groups in total. The van der Waals surface area contributed by atoms with Gasteiger partial charge in [-0.25, -0.2) is 9.37 Å². The number of hydrogen-bond acceptors (Lipinski definition) is 5. The smallest absolute Gasteiger partial charge is 0.261 e. The first-order chi connectivity index (χ1) is 12.0. The molecule has 2 heterocycles. The van der Waals surface area contributed by atoms with Crippen molar-refractivity contribution in [3.63, 3.8) is 0 Å². The first-order valence-corrected chi connectivity index (χ1v) is 9.43. The molecular formula is C18H17FN2O2S2. The summed E-state index contributed by atoms with van der Waals surface area (Å²) in [7, 11) is 0. The second-order valence-electron chi connectivity index (χ2n) is 5.41. The first kappa shape index (κ1) is 17.6. The highest BCUT2D eigenvalue weighted by molar-refractivity contribution is 7.21. The zero-order valence-electron chi connectivity index (χ0n) is 13.8. The third-order valence-corrected chi connectivity index (χ3v) is 5.75. The molecule has 0 saturated carbocycles. The van der Waals surface area contributed by atoms with Gasteiger partial charge in [0, 0.05) is 4.88 Å². The number of benzene rings is 1. The van der Waals surface area contributed by atoms with E-state index in [1.165, 1.54) is 12.1 Å². The monoisotopic (exact) mass is 376 g/mol. The quantitative estimate of drug-likeness (QED) is 0.694. The highest BCUT2D eigenvalue weighted by atomic mass is 32.1. The Morgan fingerprint density at radius 2 is 2.12 bits per heavy atom. The molecule has 0 aliphatic carbocycles. The molecule has 1 amide bonds. The van der Waals surface area contributed by atoms with Gasteiger partial charge in [-0.05, 0) is 37.4 Å². The van der Waals surface area contributed by atoms with E-state index in [1.54, 1.807) is 41.7 Å². The topological polar surface area (TPSA) is 51.2 Å². The first-order valence-electron chi connectivity index (χ1n) is 7.73. The Bertz CT molecular complexity index is 862. The number of carbonyl (C=O) groups excluding carboxylic acids is 1. The highest BCUT2D eigenvalue weighted by Crippen LogP contribution is 2.31. The van der Waals surface area contributed by atoms with E-state index in [0.29, 0.717) is 6.54 Å². The van der Waals surface area contributed by atoms with Crippen LogP contribution in [0.2, 0.25) is 0 Å². The normalized spacial score (nSPS) is 12.0. The molecule has 4 nitrogen and oxygen atoms in total. The fourth-order valence-electron chi connectivity index (χ4n) is 2.19. The number of carbonyl (C=O) groups is 1. The number of ether oxygens (including phenoxy) is 1. The Morgan fingerprint density at radius 3 is 2.84 bits per heavy atom. The summed E-state index contributed by atoms with van der Waals surface area (Å²) < 4.78 is 19.0. The molecule has 0 saturated heterocycles. The summed E-state index contributed by atoms with van der Waals surface area (Å²) in [4.78, 5) is 18.9. The molecule has 2 aromatic heterocycles. The number of aromatic nitrogens is 1. The number of para-hydroxylation sites is 1. The maximum atomic E-state index is 13.6. The van der Waals surface area contributed by atoms with Crippen molar-refractivity contribution < 1.29 is 13.9 Å². The van der Waals surface area contributed by atoms with Gasteiger partial charge in [-0.15, -0.1) is 22.7 Å². The van der Waals surface area contributed by atoms with E-state index in [4.69, 9.17) is 4.74 Å². The average Bonchev–Trinajstić information content (AvgIpc) is 3.24. The minimum atomic E-state index is -0.790. The Balaban J connectivity index is 1.60. The predicted molar refractivity (Wildman–Crippen MR) is 98.5 cm³/mol. The maximum absolute atomic E-state index is 13.6. The Labute approximate surface area is 153 Å². The summed E-state index contributed by atoms with van der Waals surface area (Å²) in [5.74, 6) is -0.714. The van der Waals surface area contributed by atoms with E-state index in [0.717, 1.165) is 20.5 Å². The minimum Gasteiger partial charge on any atom is -0.478 e. The standard InChI is InChI=1S/C18H17FN2O2S2/c1-11-16(25-18(21-11)15-8-5-9-24-15)10-20-17(22)12(2)23-14-7-4-3-6-13(14)19/h3-9,12H,10H2,1-2H3,(H,20,22). The minimum absolute atomic E-state index is 0.0686. The van der Waals surface area contributed by atoms with E-state index in [-0.39, 0.29) is 11.7 Å². The molecule has 0 spiro atoms. The summed E-state index contributed by atoms with van der Waals surface area (Å²) >= 11 is 3.20. The van der Waals surface area contributed by atoms with Crippen LogP contribution in [0.3, 0.4) is 0 Å². The lowest BCUT2D eigenvalue weighted by Crippen LogP contribution is -2.36. The van der Waals surface area contributed by atoms with Crippen LogP contribution in [0.4, 0.5) is 4.39 Å². The number of amides is 1. The molecule has 0 radical (unpaired) electrons. The fraction of sp³-hybridized carbons (Fsp3) is 0.222. The Kier molecular flexibility index (Phi) is 5.45. The van der Waals surface area contributed by atoms with Gasteiger partial charge in [0.05, 0.1) is 17.1 Å². The van der Waals surface area contributed by atoms with Crippen LogP contribution in [0.5, 0.6) is 5.75 Å². The van der Waals surface area contributed by atoms with Crippen molar-refractivity contribution >= 4 is 28.6 Å². The van der Waals surface area contributed by atoms with Crippen molar-refractivity contribution in [2.45, 2.75) is 26.5 Å². The summed E-state index contributed by atoms with van der Waals surface area (Å²) in [5.41, 5.74) is 0.899. The zero-order chi connectivity index (χ0) is 17.8. The molecule has 0 aliphatic rings. The van der Waals surface area contributed by atoms with Gasteiger partial charge in [-0.1, -0.05) is 18.2 Å². The largest absolute Gasteiger partial charge is 0.478 e. The highest BCUT2D eigenvalue weighted by Gasteiger charge is 2.17. The second-order valence-corrected chi connectivity index (χ2v) is 7.44. The fourth-order valence-corrected chi connectivity index (χ4v) is 3.99. The van der Waals surface area contributed by atoms with Crippen molar-refractivity contribution in [2.75, 3.05) is 0 Å². The number of aryl methyl sites for hydroxylation is 1. The third kappa shape index (κ3) is 4.24. The Morgan fingerprint density at radius 1 is 1.32 bits per heavy atom. The summed E-state index contributed by atoms with van der Waals surface area (Å²) in [6.07, 6.45) is -0.790. The van der Waals surface area contributed by atoms with Crippen LogP contribution in [-0.4, -0.2) is 17.0 Å². The van der Waals surface area contributed by atoms with Crippen LogP contribution in [-0.2, 0) is 11.3 Å². The third-order valence-electron chi connectivity index (χ3n) is 3.56. The lowest BCUT2D eigenvalue weighted by Gasteiger charge is -2.14. The number of rotatable bonds is 6. The van der Waals surface area contributed by atoms with Crippen LogP contribution in [0.15, 0.2) is 41.8 Å². The molecule has 0 bridgehead atoms. The Hall–Kier alpha value is -2.25. The van der Waals surface area contributed by atoms with Gasteiger partial charge < -0.3 is 10.1 Å². The number of nitrogens with one attached hydrogen (secondary N) is 1. The number of nitrogens with zero attached hydrogens (tertiary/aromatic N) is 1. The molecule has 3 aromatic rings. The average molecular weight is 376 g/mol. The molecule has 7 heteroatoms. The van der Waals surface area contributed by atoms with Crippen molar-refractivity contribution in [3.8, 4) is 15.6 Å². The van der Waals surface area contributed by atoms with Gasteiger partial charge in [-0.2, -0.15) is 0 Å². The van der Waals surface area contributed by atoms with Gasteiger partial charge in [0.2, 0.25) is 0 Å². The van der Waals surface area contributed by atoms with Crippen LogP contribution in [0.1, 0.15) is 17.5 Å². The van der Waals surface area contributed by atoms with Gasteiger partial charge in [0.1, 0.15) is 5.01 Å². The van der Waals surface area contributed by atoms with E-state index in [9.17, 15) is 9.18 Å². The van der Waals surface area contributed by atoms with Gasteiger partial charge >= 0.3 is 0 Å². The number of thiophene rings is 1. The molecular weight excluding hydrogens is 359 g/mol.